The highest BCUT2D eigenvalue weighted by Crippen LogP contribution is 2.21. The summed E-state index contributed by atoms with van der Waals surface area (Å²) in [6.45, 7) is 5.90. The quantitative estimate of drug-likeness (QED) is 0.562. The molecule has 6 heteroatoms. The van der Waals surface area contributed by atoms with Crippen LogP contribution in [0.25, 0.3) is 0 Å². The number of rotatable bonds is 8. The summed E-state index contributed by atoms with van der Waals surface area (Å²) in [4.78, 5) is 17.5. The Balaban J connectivity index is 2.48. The molecule has 1 unspecified atom stereocenters. The van der Waals surface area contributed by atoms with E-state index < -0.39 is 0 Å². The first-order chi connectivity index (χ1) is 11.5. The summed E-state index contributed by atoms with van der Waals surface area (Å²) < 4.78 is 5.18. The second-order valence-electron chi connectivity index (χ2n) is 5.87. The molecule has 134 valence electrons. The molecule has 0 aromatic heterocycles. The molecule has 0 aliphatic heterocycles. The molecule has 0 radical (unpaired) electrons. The smallest absolute Gasteiger partial charge is 0.243 e. The number of hydrogen-bond donors (Lipinski definition) is 2. The van der Waals surface area contributed by atoms with Crippen molar-refractivity contribution in [2.24, 2.45) is 4.99 Å². The minimum Gasteiger partial charge on any atom is -0.497 e. The van der Waals surface area contributed by atoms with E-state index in [0.29, 0.717) is 11.9 Å². The van der Waals surface area contributed by atoms with Crippen molar-refractivity contribution in [3.05, 3.63) is 29.8 Å². The monoisotopic (exact) mass is 334 g/mol. The van der Waals surface area contributed by atoms with E-state index in [1.165, 1.54) is 5.56 Å². The van der Waals surface area contributed by atoms with Gasteiger partial charge in [-0.25, -0.2) is 4.99 Å². The van der Waals surface area contributed by atoms with Crippen LogP contribution < -0.4 is 15.4 Å². The number of carbonyl (C=O) groups is 1. The van der Waals surface area contributed by atoms with Crippen molar-refractivity contribution >= 4 is 11.9 Å². The average molecular weight is 334 g/mol. The Morgan fingerprint density at radius 3 is 2.46 bits per heavy atom. The minimum absolute atomic E-state index is 0.0150. The molecular formula is C18H30N4O2. The average Bonchev–Trinajstić information content (AvgIpc) is 2.59. The van der Waals surface area contributed by atoms with Gasteiger partial charge in [-0.05, 0) is 37.0 Å². The lowest BCUT2D eigenvalue weighted by molar-refractivity contribution is -0.127. The largest absolute Gasteiger partial charge is 0.497 e. The molecule has 6 nitrogen and oxygen atoms in total. The molecule has 0 aliphatic carbocycles. The Morgan fingerprint density at radius 1 is 1.25 bits per heavy atom. The number of guanidine groups is 1. The van der Waals surface area contributed by atoms with Gasteiger partial charge in [0.05, 0.1) is 7.11 Å². The Hall–Kier alpha value is -2.24. The van der Waals surface area contributed by atoms with Gasteiger partial charge in [-0.3, -0.25) is 4.79 Å². The second-order valence-corrected chi connectivity index (χ2v) is 5.87. The molecule has 1 aromatic carbocycles. The van der Waals surface area contributed by atoms with Crippen molar-refractivity contribution in [2.75, 3.05) is 40.8 Å². The van der Waals surface area contributed by atoms with Gasteiger partial charge < -0.3 is 20.3 Å². The Labute approximate surface area is 145 Å². The first-order valence-electron chi connectivity index (χ1n) is 8.34. The zero-order chi connectivity index (χ0) is 17.9. The standard InChI is InChI=1S/C18H30N4O2/c1-6-19-18(21-13-17(23)22(3)4)20-12-11-14(2)15-7-9-16(24-5)10-8-15/h7-10,14H,6,11-13H2,1-5H3,(H2,19,20,21). The number of benzene rings is 1. The third-order valence-corrected chi connectivity index (χ3v) is 3.77. The number of aliphatic imine (C=N–C) groups is 1. The first-order valence-corrected chi connectivity index (χ1v) is 8.34. The van der Waals surface area contributed by atoms with Crippen LogP contribution >= 0.6 is 0 Å². The van der Waals surface area contributed by atoms with Crippen molar-refractivity contribution in [3.63, 3.8) is 0 Å². The number of amides is 1. The van der Waals surface area contributed by atoms with E-state index in [4.69, 9.17) is 4.74 Å². The van der Waals surface area contributed by atoms with E-state index >= 15 is 0 Å². The summed E-state index contributed by atoms with van der Waals surface area (Å²) >= 11 is 0. The van der Waals surface area contributed by atoms with Crippen LogP contribution in [0.3, 0.4) is 0 Å². The number of nitrogens with one attached hydrogen (secondary N) is 2. The molecule has 0 spiro atoms. The van der Waals surface area contributed by atoms with Crippen molar-refractivity contribution in [3.8, 4) is 5.75 Å². The molecule has 0 saturated carbocycles. The summed E-state index contributed by atoms with van der Waals surface area (Å²) in [6, 6.07) is 8.16. The van der Waals surface area contributed by atoms with Gasteiger partial charge in [-0.15, -0.1) is 0 Å². The van der Waals surface area contributed by atoms with E-state index in [2.05, 4.69) is 34.7 Å². The van der Waals surface area contributed by atoms with Crippen molar-refractivity contribution in [1.29, 1.82) is 0 Å². The van der Waals surface area contributed by atoms with Crippen molar-refractivity contribution in [2.45, 2.75) is 26.2 Å². The van der Waals surface area contributed by atoms with E-state index in [-0.39, 0.29) is 12.5 Å². The maximum absolute atomic E-state index is 11.6. The third kappa shape index (κ3) is 6.89. The number of nitrogens with zero attached hydrogens (tertiary/aromatic N) is 2. The number of hydrogen-bond acceptors (Lipinski definition) is 3. The highest BCUT2D eigenvalue weighted by atomic mass is 16.5. The molecule has 1 aromatic rings. The maximum Gasteiger partial charge on any atom is 0.243 e. The van der Waals surface area contributed by atoms with Crippen molar-refractivity contribution in [1.82, 2.24) is 15.5 Å². The fourth-order valence-corrected chi connectivity index (χ4v) is 2.14. The number of carbonyl (C=O) groups excluding carboxylic acids is 1. The van der Waals surface area contributed by atoms with Crippen LogP contribution in [0.15, 0.2) is 29.3 Å². The SMILES string of the molecule is CCNC(=NCC(=O)N(C)C)NCCC(C)c1ccc(OC)cc1. The molecule has 0 saturated heterocycles. The summed E-state index contributed by atoms with van der Waals surface area (Å²) in [5.41, 5.74) is 1.28. The summed E-state index contributed by atoms with van der Waals surface area (Å²) in [7, 11) is 5.13. The van der Waals surface area contributed by atoms with Gasteiger partial charge in [0.2, 0.25) is 5.91 Å². The lowest BCUT2D eigenvalue weighted by atomic mass is 9.98. The third-order valence-electron chi connectivity index (χ3n) is 3.77. The van der Waals surface area contributed by atoms with Gasteiger partial charge in [-0.1, -0.05) is 19.1 Å². The van der Waals surface area contributed by atoms with E-state index in [1.807, 2.05) is 19.1 Å². The molecule has 0 bridgehead atoms. The van der Waals surface area contributed by atoms with Gasteiger partial charge in [0.15, 0.2) is 5.96 Å². The van der Waals surface area contributed by atoms with Gasteiger partial charge in [0.25, 0.3) is 0 Å². The molecule has 0 aliphatic rings. The molecule has 1 atom stereocenters. The fourth-order valence-electron chi connectivity index (χ4n) is 2.14. The van der Waals surface area contributed by atoms with Gasteiger partial charge in [0.1, 0.15) is 12.3 Å². The van der Waals surface area contributed by atoms with Crippen LogP contribution in [0.4, 0.5) is 0 Å². The Morgan fingerprint density at radius 2 is 1.92 bits per heavy atom. The van der Waals surface area contributed by atoms with Gasteiger partial charge in [-0.2, -0.15) is 0 Å². The zero-order valence-electron chi connectivity index (χ0n) is 15.4. The summed E-state index contributed by atoms with van der Waals surface area (Å²) in [5, 5.41) is 6.44. The highest BCUT2D eigenvalue weighted by molar-refractivity contribution is 5.84. The normalized spacial score (nSPS) is 12.5. The van der Waals surface area contributed by atoms with Crippen LogP contribution in [-0.2, 0) is 4.79 Å². The topological polar surface area (TPSA) is 66.0 Å². The summed E-state index contributed by atoms with van der Waals surface area (Å²) in [5.74, 6) is 1.96. The lowest BCUT2D eigenvalue weighted by Gasteiger charge is -2.16. The minimum atomic E-state index is -0.0150. The zero-order valence-corrected chi connectivity index (χ0v) is 15.4. The Kier molecular flexibility index (Phi) is 8.68. The fraction of sp³-hybridized carbons (Fsp3) is 0.556. The predicted octanol–water partition coefficient (Wildman–Crippen LogP) is 1.83. The van der Waals surface area contributed by atoms with Crippen LogP contribution in [-0.4, -0.2) is 57.6 Å². The number of ether oxygens (including phenoxy) is 1. The molecular weight excluding hydrogens is 304 g/mol. The van der Waals surface area contributed by atoms with Gasteiger partial charge >= 0.3 is 0 Å². The van der Waals surface area contributed by atoms with E-state index in [0.717, 1.165) is 25.3 Å². The van der Waals surface area contributed by atoms with Crippen LogP contribution in [0, 0.1) is 0 Å². The Bertz CT molecular complexity index is 526. The van der Waals surface area contributed by atoms with Crippen LogP contribution in [0.2, 0.25) is 0 Å². The molecule has 1 amide bonds. The maximum atomic E-state index is 11.6. The highest BCUT2D eigenvalue weighted by Gasteiger charge is 2.07. The van der Waals surface area contributed by atoms with Crippen molar-refractivity contribution < 1.29 is 9.53 Å². The number of methoxy groups -OCH3 is 1. The molecule has 0 heterocycles. The van der Waals surface area contributed by atoms with Crippen LogP contribution in [0.1, 0.15) is 31.7 Å². The molecule has 2 N–H and O–H groups in total. The van der Waals surface area contributed by atoms with E-state index in [9.17, 15) is 4.79 Å². The van der Waals surface area contributed by atoms with Gasteiger partial charge in [0, 0.05) is 27.2 Å². The first kappa shape index (κ1) is 19.8. The predicted molar refractivity (Wildman–Crippen MR) is 98.7 cm³/mol. The molecule has 24 heavy (non-hydrogen) atoms. The number of likely N-dealkylation sites (N-methyl/N-ethyl adjacent to an activating group) is 1. The lowest BCUT2D eigenvalue weighted by Crippen LogP contribution is -2.39. The second kappa shape index (κ2) is 10.5. The van der Waals surface area contributed by atoms with E-state index in [1.54, 1.807) is 26.1 Å². The van der Waals surface area contributed by atoms with Crippen LogP contribution in [0.5, 0.6) is 5.75 Å². The molecule has 0 fully saturated rings. The summed E-state index contributed by atoms with van der Waals surface area (Å²) in [6.07, 6.45) is 0.971. The molecule has 1 rings (SSSR count).